The molecule has 0 aliphatic carbocycles. The van der Waals surface area contributed by atoms with Crippen LogP contribution in [0.15, 0.2) is 61.2 Å². The molecule has 148 valence electrons. The van der Waals surface area contributed by atoms with Crippen molar-refractivity contribution in [3.8, 4) is 11.5 Å². The molecule has 0 heterocycles. The van der Waals surface area contributed by atoms with Crippen LogP contribution in [0.25, 0.3) is 0 Å². The van der Waals surface area contributed by atoms with E-state index in [1.54, 1.807) is 35.2 Å². The van der Waals surface area contributed by atoms with Gasteiger partial charge in [0.05, 0.1) is 0 Å². The number of rotatable bonds is 10. The van der Waals surface area contributed by atoms with Crippen molar-refractivity contribution in [1.82, 2.24) is 5.32 Å². The Bertz CT molecular complexity index is 802. The highest BCUT2D eigenvalue weighted by Gasteiger charge is 2.12. The van der Waals surface area contributed by atoms with E-state index in [0.717, 1.165) is 12.8 Å². The number of phenolic OH excluding ortho intramolecular Hbond substituents is 2. The molecule has 6 heteroatoms. The summed E-state index contributed by atoms with van der Waals surface area (Å²) in [7, 11) is 0. The molecule has 0 atom stereocenters. The maximum absolute atomic E-state index is 12.1. The zero-order valence-electron chi connectivity index (χ0n) is 15.8. The van der Waals surface area contributed by atoms with Crippen LogP contribution in [0, 0.1) is 0 Å². The number of hydrogen-bond acceptors (Lipinski definition) is 4. The molecule has 28 heavy (non-hydrogen) atoms. The summed E-state index contributed by atoms with van der Waals surface area (Å²) in [5, 5.41) is 21.9. The van der Waals surface area contributed by atoms with Crippen LogP contribution in [0.2, 0.25) is 0 Å². The van der Waals surface area contributed by atoms with Crippen LogP contribution >= 0.6 is 0 Å². The van der Waals surface area contributed by atoms with Gasteiger partial charge in [0.15, 0.2) is 0 Å². The van der Waals surface area contributed by atoms with Gasteiger partial charge >= 0.3 is 0 Å². The molecule has 6 nitrogen and oxygen atoms in total. The fourth-order valence-electron chi connectivity index (χ4n) is 2.78. The summed E-state index contributed by atoms with van der Waals surface area (Å²) in [4.78, 5) is 25.6. The summed E-state index contributed by atoms with van der Waals surface area (Å²) < 4.78 is 0. The lowest BCUT2D eigenvalue weighted by molar-refractivity contribution is -0.121. The van der Waals surface area contributed by atoms with Crippen molar-refractivity contribution in [2.24, 2.45) is 0 Å². The molecule has 2 aromatic rings. The number of carbonyl (C=O) groups excluding carboxylic acids is 2. The zero-order chi connectivity index (χ0) is 20.4. The average Bonchev–Trinajstić information content (AvgIpc) is 2.70. The van der Waals surface area contributed by atoms with Gasteiger partial charge in [-0.15, -0.1) is 0 Å². The highest BCUT2D eigenvalue weighted by Crippen LogP contribution is 2.20. The number of unbranched alkanes of at least 4 members (excludes halogenated alkanes) is 2. The van der Waals surface area contributed by atoms with Crippen LogP contribution in [-0.2, 0) is 16.1 Å². The van der Waals surface area contributed by atoms with Crippen LogP contribution in [-0.4, -0.2) is 28.6 Å². The molecule has 0 unspecified atom stereocenters. The Morgan fingerprint density at radius 2 is 1.71 bits per heavy atom. The number of phenols is 2. The lowest BCUT2D eigenvalue weighted by Crippen LogP contribution is -2.30. The highest BCUT2D eigenvalue weighted by atomic mass is 16.3. The van der Waals surface area contributed by atoms with Crippen molar-refractivity contribution in [2.75, 3.05) is 11.4 Å². The van der Waals surface area contributed by atoms with Crippen molar-refractivity contribution in [2.45, 2.75) is 32.2 Å². The topological polar surface area (TPSA) is 89.9 Å². The molecule has 0 radical (unpaired) electrons. The second-order valence-corrected chi connectivity index (χ2v) is 6.43. The molecule has 3 N–H and O–H groups in total. The van der Waals surface area contributed by atoms with E-state index in [2.05, 4.69) is 11.9 Å². The Morgan fingerprint density at radius 1 is 1.00 bits per heavy atom. The smallest absolute Gasteiger partial charge is 0.250 e. The number of hydrogen-bond donors (Lipinski definition) is 3. The maximum Gasteiger partial charge on any atom is 0.250 e. The van der Waals surface area contributed by atoms with Crippen LogP contribution < -0.4 is 10.2 Å². The molecule has 0 aliphatic heterocycles. The monoisotopic (exact) mass is 382 g/mol. The standard InChI is InChI=1S/C22H26N2O4/c1-2-22(28)24(18-11-13-19(25)14-12-18)15-7-3-4-10-21(27)23-16-17-8-5-6-9-20(17)26/h2,5-6,8-9,11-14,25-26H,1,3-4,7,10,15-16H2,(H,23,27). The molecule has 2 aromatic carbocycles. The minimum atomic E-state index is -0.203. The van der Waals surface area contributed by atoms with E-state index < -0.39 is 0 Å². The first-order valence-electron chi connectivity index (χ1n) is 9.28. The number of benzene rings is 2. The lowest BCUT2D eigenvalue weighted by Gasteiger charge is -2.21. The molecule has 0 fully saturated rings. The minimum absolute atomic E-state index is 0.0687. The molecule has 0 saturated carbocycles. The highest BCUT2D eigenvalue weighted by molar-refractivity contribution is 6.01. The third-order valence-electron chi connectivity index (χ3n) is 4.36. The largest absolute Gasteiger partial charge is 0.508 e. The van der Waals surface area contributed by atoms with Crippen molar-refractivity contribution in [1.29, 1.82) is 0 Å². The third-order valence-corrected chi connectivity index (χ3v) is 4.36. The quantitative estimate of drug-likeness (QED) is 0.433. The number of para-hydroxylation sites is 1. The maximum atomic E-state index is 12.1. The Balaban J connectivity index is 1.72. The Hall–Kier alpha value is -3.28. The van der Waals surface area contributed by atoms with Crippen molar-refractivity contribution >= 4 is 17.5 Å². The molecule has 0 saturated heterocycles. The second kappa shape index (κ2) is 10.8. The van der Waals surface area contributed by atoms with E-state index in [-0.39, 0.29) is 23.3 Å². The summed E-state index contributed by atoms with van der Waals surface area (Å²) in [5.41, 5.74) is 1.38. The average molecular weight is 382 g/mol. The lowest BCUT2D eigenvalue weighted by atomic mass is 10.1. The van der Waals surface area contributed by atoms with Gasteiger partial charge in [0, 0.05) is 30.8 Å². The van der Waals surface area contributed by atoms with Gasteiger partial charge in [-0.3, -0.25) is 9.59 Å². The summed E-state index contributed by atoms with van der Waals surface area (Å²) in [6.45, 7) is 4.34. The number of amides is 2. The Kier molecular flexibility index (Phi) is 8.09. The summed E-state index contributed by atoms with van der Waals surface area (Å²) in [6.07, 6.45) is 3.90. The van der Waals surface area contributed by atoms with E-state index in [0.29, 0.717) is 37.2 Å². The number of aromatic hydroxyl groups is 2. The predicted octanol–water partition coefficient (Wildman–Crippen LogP) is 3.49. The normalized spacial score (nSPS) is 10.3. The molecule has 0 spiro atoms. The minimum Gasteiger partial charge on any atom is -0.508 e. The van der Waals surface area contributed by atoms with Gasteiger partial charge in [-0.1, -0.05) is 31.2 Å². The van der Waals surface area contributed by atoms with Gasteiger partial charge in [-0.25, -0.2) is 0 Å². The number of carbonyl (C=O) groups is 2. The van der Waals surface area contributed by atoms with E-state index in [1.165, 1.54) is 18.2 Å². The van der Waals surface area contributed by atoms with E-state index in [1.807, 2.05) is 6.07 Å². The van der Waals surface area contributed by atoms with Gasteiger partial charge in [0.25, 0.3) is 0 Å². The Morgan fingerprint density at radius 3 is 2.39 bits per heavy atom. The predicted molar refractivity (Wildman–Crippen MR) is 109 cm³/mol. The fourth-order valence-corrected chi connectivity index (χ4v) is 2.78. The van der Waals surface area contributed by atoms with Crippen LogP contribution in [0.5, 0.6) is 11.5 Å². The van der Waals surface area contributed by atoms with Gasteiger partial charge in [-0.2, -0.15) is 0 Å². The first-order chi connectivity index (χ1) is 13.5. The molecule has 2 amide bonds. The number of nitrogens with zero attached hydrogens (tertiary/aromatic N) is 1. The van der Waals surface area contributed by atoms with Crippen LogP contribution in [0.3, 0.4) is 0 Å². The molecule has 0 aliphatic rings. The fraction of sp³-hybridized carbons (Fsp3) is 0.273. The van der Waals surface area contributed by atoms with Gasteiger partial charge < -0.3 is 20.4 Å². The first kappa shape index (κ1) is 21.0. The van der Waals surface area contributed by atoms with Crippen molar-refractivity contribution in [3.05, 3.63) is 66.7 Å². The number of nitrogens with one attached hydrogen (secondary N) is 1. The van der Waals surface area contributed by atoms with Crippen LogP contribution in [0.1, 0.15) is 31.2 Å². The SMILES string of the molecule is C=CC(=O)N(CCCCCC(=O)NCc1ccccc1O)c1ccc(O)cc1. The van der Waals surface area contributed by atoms with E-state index >= 15 is 0 Å². The van der Waals surface area contributed by atoms with E-state index in [9.17, 15) is 19.8 Å². The van der Waals surface area contributed by atoms with Crippen molar-refractivity contribution < 1.29 is 19.8 Å². The van der Waals surface area contributed by atoms with Gasteiger partial charge in [-0.05, 0) is 49.2 Å². The third kappa shape index (κ3) is 6.46. The second-order valence-electron chi connectivity index (χ2n) is 6.43. The zero-order valence-corrected chi connectivity index (χ0v) is 15.8. The van der Waals surface area contributed by atoms with Crippen LogP contribution in [0.4, 0.5) is 5.69 Å². The van der Waals surface area contributed by atoms with Gasteiger partial charge in [0.1, 0.15) is 11.5 Å². The number of anilines is 1. The molecule has 0 bridgehead atoms. The summed E-state index contributed by atoms with van der Waals surface area (Å²) in [6, 6.07) is 13.3. The summed E-state index contributed by atoms with van der Waals surface area (Å²) >= 11 is 0. The van der Waals surface area contributed by atoms with Crippen molar-refractivity contribution in [3.63, 3.8) is 0 Å². The first-order valence-corrected chi connectivity index (χ1v) is 9.28. The molecular weight excluding hydrogens is 356 g/mol. The molecule has 2 rings (SSSR count). The summed E-state index contributed by atoms with van der Waals surface area (Å²) in [5.74, 6) is 0.0421. The Labute approximate surface area is 165 Å². The molecule has 0 aromatic heterocycles. The van der Waals surface area contributed by atoms with E-state index in [4.69, 9.17) is 0 Å². The molecular formula is C22H26N2O4. The van der Waals surface area contributed by atoms with Gasteiger partial charge in [0.2, 0.25) is 11.8 Å².